The largest absolute Gasteiger partial charge is 0.349 e. The van der Waals surface area contributed by atoms with Gasteiger partial charge in [0, 0.05) is 12.7 Å². The second-order valence-electron chi connectivity index (χ2n) is 4.39. The van der Waals surface area contributed by atoms with Crippen molar-refractivity contribution in [1.29, 1.82) is 0 Å². The zero-order valence-corrected chi connectivity index (χ0v) is 12.3. The second kappa shape index (κ2) is 6.73. The van der Waals surface area contributed by atoms with Gasteiger partial charge in [-0.3, -0.25) is 0 Å². The van der Waals surface area contributed by atoms with Crippen LogP contribution in [0.25, 0.3) is 0 Å². The van der Waals surface area contributed by atoms with E-state index in [-0.39, 0.29) is 24.8 Å². The molecule has 0 fully saturated rings. The first-order chi connectivity index (χ1) is 8.36. The molecular formula is C14H17Cl2N3. The summed E-state index contributed by atoms with van der Waals surface area (Å²) in [4.78, 5) is 10.6. The van der Waals surface area contributed by atoms with Crippen LogP contribution < -0.4 is 4.90 Å². The zero-order valence-electron chi connectivity index (χ0n) is 10.7. The Balaban J connectivity index is 0.000000902. The molecule has 2 aromatic rings. The van der Waals surface area contributed by atoms with Gasteiger partial charge in [0.15, 0.2) is 0 Å². The molecular weight excluding hydrogens is 281 g/mol. The van der Waals surface area contributed by atoms with Gasteiger partial charge in [-0.25, -0.2) is 9.97 Å². The number of fused-ring (bicyclic) bond motifs is 1. The molecule has 102 valence electrons. The summed E-state index contributed by atoms with van der Waals surface area (Å²) in [5, 5.41) is 0. The van der Waals surface area contributed by atoms with Gasteiger partial charge in [0.05, 0.1) is 6.04 Å². The first-order valence-corrected chi connectivity index (χ1v) is 5.97. The molecule has 1 atom stereocenters. The maximum absolute atomic E-state index is 4.34. The van der Waals surface area contributed by atoms with E-state index in [1.165, 1.54) is 11.1 Å². The highest BCUT2D eigenvalue weighted by molar-refractivity contribution is 5.85. The van der Waals surface area contributed by atoms with Crippen LogP contribution in [0.4, 0.5) is 5.82 Å². The second-order valence-corrected chi connectivity index (χ2v) is 4.39. The quantitative estimate of drug-likeness (QED) is 0.807. The Morgan fingerprint density at radius 3 is 2.68 bits per heavy atom. The number of benzene rings is 1. The fraction of sp³-hybridized carbons (Fsp3) is 0.286. The van der Waals surface area contributed by atoms with Crippen LogP contribution in [-0.4, -0.2) is 16.5 Å². The minimum atomic E-state index is 0. The fourth-order valence-corrected chi connectivity index (χ4v) is 2.54. The molecule has 0 aliphatic carbocycles. The minimum Gasteiger partial charge on any atom is -0.349 e. The fourth-order valence-electron chi connectivity index (χ4n) is 2.54. The van der Waals surface area contributed by atoms with E-state index in [0.717, 1.165) is 18.8 Å². The SMILES string of the molecule is CC1c2ccccc2CCN1c1ccncn1.Cl.Cl. The molecule has 0 saturated heterocycles. The molecule has 3 nitrogen and oxygen atoms in total. The van der Waals surface area contributed by atoms with Crippen LogP contribution in [0.5, 0.6) is 0 Å². The highest BCUT2D eigenvalue weighted by Crippen LogP contribution is 2.31. The molecule has 0 N–H and O–H groups in total. The van der Waals surface area contributed by atoms with E-state index in [4.69, 9.17) is 0 Å². The van der Waals surface area contributed by atoms with Gasteiger partial charge in [0.1, 0.15) is 12.1 Å². The van der Waals surface area contributed by atoms with Crippen molar-refractivity contribution in [2.24, 2.45) is 0 Å². The maximum atomic E-state index is 4.34. The number of anilines is 1. The summed E-state index contributed by atoms with van der Waals surface area (Å²) in [5.74, 6) is 1.02. The van der Waals surface area contributed by atoms with E-state index < -0.39 is 0 Å². The molecule has 1 unspecified atom stereocenters. The van der Waals surface area contributed by atoms with Crippen molar-refractivity contribution in [3.63, 3.8) is 0 Å². The van der Waals surface area contributed by atoms with Crippen molar-refractivity contribution >= 4 is 30.6 Å². The maximum Gasteiger partial charge on any atom is 0.132 e. The summed E-state index contributed by atoms with van der Waals surface area (Å²) in [6.45, 7) is 3.26. The van der Waals surface area contributed by atoms with E-state index in [2.05, 4.69) is 46.1 Å². The normalized spacial score (nSPS) is 16.9. The first kappa shape index (κ1) is 15.7. The van der Waals surface area contributed by atoms with Gasteiger partial charge in [-0.15, -0.1) is 24.8 Å². The smallest absolute Gasteiger partial charge is 0.132 e. The molecule has 0 saturated carbocycles. The Hall–Kier alpha value is -1.32. The van der Waals surface area contributed by atoms with Gasteiger partial charge in [0.25, 0.3) is 0 Å². The van der Waals surface area contributed by atoms with Crippen molar-refractivity contribution in [3.8, 4) is 0 Å². The Labute approximate surface area is 125 Å². The predicted molar refractivity (Wildman–Crippen MR) is 82.4 cm³/mol. The number of hydrogen-bond acceptors (Lipinski definition) is 3. The highest BCUT2D eigenvalue weighted by Gasteiger charge is 2.23. The van der Waals surface area contributed by atoms with Crippen molar-refractivity contribution < 1.29 is 0 Å². The standard InChI is InChI=1S/C14H15N3.2ClH/c1-11-13-5-3-2-4-12(13)7-9-17(11)14-6-8-15-10-16-14;;/h2-6,8,10-11H,7,9H2,1H3;2*1H. The summed E-state index contributed by atoms with van der Waals surface area (Å²) in [6, 6.07) is 11.0. The zero-order chi connectivity index (χ0) is 11.7. The minimum absolute atomic E-state index is 0. The molecule has 5 heteroatoms. The lowest BCUT2D eigenvalue weighted by Crippen LogP contribution is -2.34. The summed E-state index contributed by atoms with van der Waals surface area (Å²) >= 11 is 0. The number of halogens is 2. The van der Waals surface area contributed by atoms with Gasteiger partial charge in [0.2, 0.25) is 0 Å². The molecule has 1 aromatic carbocycles. The van der Waals surface area contributed by atoms with Crippen LogP contribution in [0.1, 0.15) is 24.1 Å². The molecule has 19 heavy (non-hydrogen) atoms. The van der Waals surface area contributed by atoms with Crippen molar-refractivity contribution in [1.82, 2.24) is 9.97 Å². The van der Waals surface area contributed by atoms with Crippen LogP contribution in [0.15, 0.2) is 42.9 Å². The van der Waals surface area contributed by atoms with Crippen LogP contribution >= 0.6 is 24.8 Å². The van der Waals surface area contributed by atoms with Crippen molar-refractivity contribution in [2.75, 3.05) is 11.4 Å². The summed E-state index contributed by atoms with van der Waals surface area (Å²) in [5.41, 5.74) is 2.88. The molecule has 0 bridgehead atoms. The van der Waals surface area contributed by atoms with Gasteiger partial charge in [-0.05, 0) is 30.5 Å². The molecule has 2 heterocycles. The highest BCUT2D eigenvalue weighted by atomic mass is 35.5. The van der Waals surface area contributed by atoms with E-state index in [9.17, 15) is 0 Å². The van der Waals surface area contributed by atoms with E-state index in [0.29, 0.717) is 6.04 Å². The molecule has 3 rings (SSSR count). The first-order valence-electron chi connectivity index (χ1n) is 5.97. The third kappa shape index (κ3) is 2.99. The summed E-state index contributed by atoms with van der Waals surface area (Å²) < 4.78 is 0. The predicted octanol–water partition coefficient (Wildman–Crippen LogP) is 3.44. The number of nitrogens with zero attached hydrogens (tertiary/aromatic N) is 3. The van der Waals surface area contributed by atoms with E-state index in [1.54, 1.807) is 12.5 Å². The summed E-state index contributed by atoms with van der Waals surface area (Å²) in [6.07, 6.45) is 4.50. The van der Waals surface area contributed by atoms with Gasteiger partial charge < -0.3 is 4.90 Å². The average Bonchev–Trinajstić information content (AvgIpc) is 2.40. The van der Waals surface area contributed by atoms with Crippen LogP contribution in [0.3, 0.4) is 0 Å². The Morgan fingerprint density at radius 2 is 1.95 bits per heavy atom. The molecule has 0 amide bonds. The monoisotopic (exact) mass is 297 g/mol. The van der Waals surface area contributed by atoms with E-state index >= 15 is 0 Å². The molecule has 1 aromatic heterocycles. The van der Waals surface area contributed by atoms with Gasteiger partial charge >= 0.3 is 0 Å². The topological polar surface area (TPSA) is 29.0 Å². The lowest BCUT2D eigenvalue weighted by molar-refractivity contribution is 0.616. The average molecular weight is 298 g/mol. The molecule has 0 spiro atoms. The third-order valence-corrected chi connectivity index (χ3v) is 3.46. The van der Waals surface area contributed by atoms with Crippen LogP contribution in [0.2, 0.25) is 0 Å². The number of hydrogen-bond donors (Lipinski definition) is 0. The lowest BCUT2D eigenvalue weighted by Gasteiger charge is -2.36. The van der Waals surface area contributed by atoms with Crippen LogP contribution in [0, 0.1) is 0 Å². The number of aromatic nitrogens is 2. The molecule has 1 aliphatic heterocycles. The van der Waals surface area contributed by atoms with Crippen molar-refractivity contribution in [2.45, 2.75) is 19.4 Å². The Bertz CT molecular complexity index is 519. The van der Waals surface area contributed by atoms with Gasteiger partial charge in [-0.2, -0.15) is 0 Å². The molecule has 0 radical (unpaired) electrons. The van der Waals surface area contributed by atoms with Crippen LogP contribution in [-0.2, 0) is 6.42 Å². The summed E-state index contributed by atoms with van der Waals surface area (Å²) in [7, 11) is 0. The van der Waals surface area contributed by atoms with Crippen molar-refractivity contribution in [3.05, 3.63) is 54.0 Å². The third-order valence-electron chi connectivity index (χ3n) is 3.46. The lowest BCUT2D eigenvalue weighted by atomic mass is 9.94. The Kier molecular flexibility index (Phi) is 5.58. The molecule has 1 aliphatic rings. The van der Waals surface area contributed by atoms with Gasteiger partial charge in [-0.1, -0.05) is 24.3 Å². The Morgan fingerprint density at radius 1 is 1.16 bits per heavy atom. The van der Waals surface area contributed by atoms with E-state index in [1.807, 2.05) is 6.07 Å². The number of rotatable bonds is 1.